The Balaban J connectivity index is 2.08. The second-order valence-corrected chi connectivity index (χ2v) is 4.15. The Morgan fingerprint density at radius 2 is 2.05 bits per heavy atom. The number of nitro groups is 1. The second-order valence-electron chi connectivity index (χ2n) is 4.15. The topological polar surface area (TPSA) is 52.4 Å². The van der Waals surface area contributed by atoms with Crippen molar-refractivity contribution in [3.63, 3.8) is 0 Å². The predicted octanol–water partition coefficient (Wildman–Crippen LogP) is 3.62. The van der Waals surface area contributed by atoms with Crippen LogP contribution in [0.4, 0.5) is 10.1 Å². The average Bonchev–Trinajstić information content (AvgIpc) is 2.36. The largest absolute Gasteiger partial charge is 0.489 e. The molecule has 0 bridgehead atoms. The smallest absolute Gasteiger partial charge is 0.304 e. The second kappa shape index (κ2) is 5.48. The Morgan fingerprint density at radius 3 is 2.68 bits per heavy atom. The maximum absolute atomic E-state index is 13.4. The average molecular weight is 261 g/mol. The number of ether oxygens (including phenoxy) is 1. The standard InChI is InChI=1S/C14H12FNO3/c1-10-3-2-4-12(7-10)19-9-11-5-6-14(16(17)18)13(15)8-11/h2-8H,9H2,1H3. The van der Waals surface area contributed by atoms with Gasteiger partial charge in [-0.05, 0) is 42.3 Å². The Kier molecular flexibility index (Phi) is 3.75. The molecule has 0 N–H and O–H groups in total. The van der Waals surface area contributed by atoms with Crippen LogP contribution in [0.25, 0.3) is 0 Å². The third-order valence-corrected chi connectivity index (χ3v) is 2.60. The Morgan fingerprint density at radius 1 is 1.26 bits per heavy atom. The Bertz CT molecular complexity index is 613. The van der Waals surface area contributed by atoms with E-state index in [1.807, 2.05) is 25.1 Å². The van der Waals surface area contributed by atoms with E-state index in [1.54, 1.807) is 6.07 Å². The molecule has 4 nitrogen and oxygen atoms in total. The minimum atomic E-state index is -0.852. The fourth-order valence-electron chi connectivity index (χ4n) is 1.66. The summed E-state index contributed by atoms with van der Waals surface area (Å²) in [6.07, 6.45) is 0. The molecule has 0 saturated heterocycles. The van der Waals surface area contributed by atoms with Crippen molar-refractivity contribution in [3.8, 4) is 5.75 Å². The molecule has 0 aromatic heterocycles. The van der Waals surface area contributed by atoms with Gasteiger partial charge in [0.15, 0.2) is 0 Å². The molecule has 0 aliphatic heterocycles. The zero-order valence-electron chi connectivity index (χ0n) is 10.3. The first-order valence-electron chi connectivity index (χ1n) is 5.68. The summed E-state index contributed by atoms with van der Waals surface area (Å²) in [4.78, 5) is 9.73. The first-order chi connectivity index (χ1) is 9.06. The molecule has 19 heavy (non-hydrogen) atoms. The molecule has 2 aromatic carbocycles. The SMILES string of the molecule is Cc1cccc(OCc2ccc([N+](=O)[O-])c(F)c2)c1. The zero-order valence-corrected chi connectivity index (χ0v) is 10.3. The van der Waals surface area contributed by atoms with Gasteiger partial charge in [-0.3, -0.25) is 10.1 Å². The number of nitrogens with zero attached hydrogens (tertiary/aromatic N) is 1. The van der Waals surface area contributed by atoms with Gasteiger partial charge in [0, 0.05) is 6.07 Å². The normalized spacial score (nSPS) is 10.2. The fourth-order valence-corrected chi connectivity index (χ4v) is 1.66. The van der Waals surface area contributed by atoms with Crippen LogP contribution in [0.2, 0.25) is 0 Å². The van der Waals surface area contributed by atoms with Crippen LogP contribution < -0.4 is 4.74 Å². The van der Waals surface area contributed by atoms with E-state index in [9.17, 15) is 14.5 Å². The van der Waals surface area contributed by atoms with Crippen LogP contribution in [0.15, 0.2) is 42.5 Å². The van der Waals surface area contributed by atoms with Crippen molar-refractivity contribution in [2.75, 3.05) is 0 Å². The third-order valence-electron chi connectivity index (χ3n) is 2.60. The molecule has 2 rings (SSSR count). The van der Waals surface area contributed by atoms with Crippen molar-refractivity contribution in [1.82, 2.24) is 0 Å². The van der Waals surface area contributed by atoms with Crippen LogP contribution in [0.1, 0.15) is 11.1 Å². The van der Waals surface area contributed by atoms with Crippen molar-refractivity contribution in [1.29, 1.82) is 0 Å². The van der Waals surface area contributed by atoms with Crippen molar-refractivity contribution < 1.29 is 14.1 Å². The van der Waals surface area contributed by atoms with Crippen LogP contribution in [0.3, 0.4) is 0 Å². The van der Waals surface area contributed by atoms with Gasteiger partial charge in [-0.1, -0.05) is 12.1 Å². The molecule has 0 radical (unpaired) electrons. The van der Waals surface area contributed by atoms with Crippen molar-refractivity contribution >= 4 is 5.69 Å². The Labute approximate surface area is 109 Å². The number of hydrogen-bond donors (Lipinski definition) is 0. The molecule has 98 valence electrons. The van der Waals surface area contributed by atoms with Crippen molar-refractivity contribution in [3.05, 3.63) is 69.5 Å². The van der Waals surface area contributed by atoms with E-state index >= 15 is 0 Å². The van der Waals surface area contributed by atoms with Crippen LogP contribution >= 0.6 is 0 Å². The third kappa shape index (κ3) is 3.28. The van der Waals surface area contributed by atoms with Gasteiger partial charge in [-0.15, -0.1) is 0 Å². The number of nitro benzene ring substituents is 1. The summed E-state index contributed by atoms with van der Waals surface area (Å²) >= 11 is 0. The maximum atomic E-state index is 13.4. The molecular formula is C14H12FNO3. The first kappa shape index (κ1) is 13.0. The van der Waals surface area contributed by atoms with E-state index in [0.717, 1.165) is 17.7 Å². The lowest BCUT2D eigenvalue weighted by Crippen LogP contribution is -1.98. The number of rotatable bonds is 4. The number of halogens is 1. The molecule has 0 heterocycles. The molecule has 0 amide bonds. The van der Waals surface area contributed by atoms with E-state index in [1.165, 1.54) is 6.07 Å². The van der Waals surface area contributed by atoms with Crippen LogP contribution in [0.5, 0.6) is 5.75 Å². The van der Waals surface area contributed by atoms with E-state index < -0.39 is 16.4 Å². The van der Waals surface area contributed by atoms with Gasteiger partial charge < -0.3 is 4.74 Å². The van der Waals surface area contributed by atoms with Gasteiger partial charge in [0.1, 0.15) is 12.4 Å². The quantitative estimate of drug-likeness (QED) is 0.624. The van der Waals surface area contributed by atoms with Crippen LogP contribution in [-0.4, -0.2) is 4.92 Å². The highest BCUT2D eigenvalue weighted by Crippen LogP contribution is 2.20. The van der Waals surface area contributed by atoms with Crippen LogP contribution in [-0.2, 0) is 6.61 Å². The predicted molar refractivity (Wildman–Crippen MR) is 68.6 cm³/mol. The molecule has 0 atom stereocenters. The highest BCUT2D eigenvalue weighted by atomic mass is 19.1. The maximum Gasteiger partial charge on any atom is 0.304 e. The summed E-state index contributed by atoms with van der Waals surface area (Å²) in [5, 5.41) is 10.5. The molecule has 0 aliphatic rings. The molecule has 0 aliphatic carbocycles. The summed E-state index contributed by atoms with van der Waals surface area (Å²) in [6.45, 7) is 2.11. The van der Waals surface area contributed by atoms with E-state index in [-0.39, 0.29) is 6.61 Å². The number of aryl methyl sites for hydroxylation is 1. The molecule has 0 saturated carbocycles. The summed E-state index contributed by atoms with van der Waals surface area (Å²) in [5.41, 5.74) is 1.08. The highest BCUT2D eigenvalue weighted by molar-refractivity contribution is 5.35. The number of benzene rings is 2. The molecule has 5 heteroatoms. The monoisotopic (exact) mass is 261 g/mol. The zero-order chi connectivity index (χ0) is 13.8. The molecular weight excluding hydrogens is 249 g/mol. The van der Waals surface area contributed by atoms with Gasteiger partial charge in [-0.2, -0.15) is 4.39 Å². The van der Waals surface area contributed by atoms with E-state index in [4.69, 9.17) is 4.74 Å². The number of hydrogen-bond acceptors (Lipinski definition) is 3. The van der Waals surface area contributed by atoms with Gasteiger partial charge in [0.25, 0.3) is 0 Å². The fraction of sp³-hybridized carbons (Fsp3) is 0.143. The van der Waals surface area contributed by atoms with E-state index in [2.05, 4.69) is 0 Å². The highest BCUT2D eigenvalue weighted by Gasteiger charge is 2.13. The molecule has 0 unspecified atom stereocenters. The summed E-state index contributed by atoms with van der Waals surface area (Å²) in [6, 6.07) is 11.2. The van der Waals surface area contributed by atoms with Gasteiger partial charge in [0.05, 0.1) is 4.92 Å². The minimum absolute atomic E-state index is 0.165. The molecule has 0 fully saturated rings. The van der Waals surface area contributed by atoms with E-state index in [0.29, 0.717) is 11.3 Å². The molecule has 2 aromatic rings. The lowest BCUT2D eigenvalue weighted by molar-refractivity contribution is -0.387. The van der Waals surface area contributed by atoms with Gasteiger partial charge in [0.2, 0.25) is 5.82 Å². The summed E-state index contributed by atoms with van der Waals surface area (Å²) in [7, 11) is 0. The lowest BCUT2D eigenvalue weighted by atomic mass is 10.2. The first-order valence-corrected chi connectivity index (χ1v) is 5.68. The minimum Gasteiger partial charge on any atom is -0.489 e. The summed E-state index contributed by atoms with van der Waals surface area (Å²) < 4.78 is 18.9. The Hall–Kier alpha value is -2.43. The van der Waals surface area contributed by atoms with Crippen molar-refractivity contribution in [2.24, 2.45) is 0 Å². The molecule has 0 spiro atoms. The van der Waals surface area contributed by atoms with Crippen molar-refractivity contribution in [2.45, 2.75) is 13.5 Å². The lowest BCUT2D eigenvalue weighted by Gasteiger charge is -2.07. The van der Waals surface area contributed by atoms with Gasteiger partial charge >= 0.3 is 5.69 Å². The van der Waals surface area contributed by atoms with Gasteiger partial charge in [-0.25, -0.2) is 0 Å². The summed E-state index contributed by atoms with van der Waals surface area (Å²) in [5.74, 6) is -0.172. The van der Waals surface area contributed by atoms with Crippen LogP contribution in [0, 0.1) is 22.9 Å².